The second-order valence-electron chi connectivity index (χ2n) is 4.19. The predicted octanol–water partition coefficient (Wildman–Crippen LogP) is 0.298. The minimum Gasteiger partial charge on any atom is -0.391 e. The Morgan fingerprint density at radius 2 is 2.11 bits per heavy atom. The second-order valence-corrected chi connectivity index (χ2v) is 4.19. The van der Waals surface area contributed by atoms with E-state index in [1.165, 1.54) is 0 Å². The largest absolute Gasteiger partial charge is 0.391 e. The Bertz CT molecular complexity index is 342. The lowest BCUT2D eigenvalue weighted by Crippen LogP contribution is -2.33. The number of hydrogen-bond donors (Lipinski definition) is 2. The van der Waals surface area contributed by atoms with Crippen LogP contribution in [0.4, 0.5) is 0 Å². The summed E-state index contributed by atoms with van der Waals surface area (Å²) in [7, 11) is 0. The monoisotopic (exact) mass is 254 g/mol. The maximum Gasteiger partial charge on any atom is 0.181 e. The van der Waals surface area contributed by atoms with Crippen LogP contribution in [0.25, 0.3) is 0 Å². The molecule has 18 heavy (non-hydrogen) atoms. The molecule has 0 aromatic heterocycles. The van der Waals surface area contributed by atoms with Gasteiger partial charge in [0.25, 0.3) is 0 Å². The molecular weight excluding hydrogens is 236 g/mol. The van der Waals surface area contributed by atoms with E-state index in [0.717, 1.165) is 5.56 Å². The Morgan fingerprint density at radius 3 is 2.78 bits per heavy atom. The molecule has 1 fully saturated rings. The lowest BCUT2D eigenvalue weighted by atomic mass is 10.2. The van der Waals surface area contributed by atoms with Gasteiger partial charge in [-0.25, -0.2) is 0 Å². The standard InChI is InChI=1S/C13H18O5/c14-6-13-17-9-12(18-13)11(15)8-16-7-10-4-2-1-3-5-10/h1-5,11-15H,6-9H2/t11?,12-,13-/m1/s1. The zero-order valence-electron chi connectivity index (χ0n) is 10.1. The van der Waals surface area contributed by atoms with E-state index in [2.05, 4.69) is 0 Å². The van der Waals surface area contributed by atoms with Gasteiger partial charge in [-0.3, -0.25) is 0 Å². The highest BCUT2D eigenvalue weighted by molar-refractivity contribution is 5.13. The molecular formula is C13H18O5. The summed E-state index contributed by atoms with van der Waals surface area (Å²) in [5, 5.41) is 18.7. The van der Waals surface area contributed by atoms with Crippen molar-refractivity contribution in [1.29, 1.82) is 0 Å². The first kappa shape index (κ1) is 13.5. The first-order valence-corrected chi connectivity index (χ1v) is 5.97. The molecule has 2 N–H and O–H groups in total. The normalized spacial score (nSPS) is 25.2. The van der Waals surface area contributed by atoms with Crippen molar-refractivity contribution in [1.82, 2.24) is 0 Å². The molecule has 1 aliphatic heterocycles. The van der Waals surface area contributed by atoms with Gasteiger partial charge in [0.1, 0.15) is 12.2 Å². The predicted molar refractivity (Wildman–Crippen MR) is 63.8 cm³/mol. The van der Waals surface area contributed by atoms with Crippen molar-refractivity contribution in [3.8, 4) is 0 Å². The average Bonchev–Trinajstić information content (AvgIpc) is 2.89. The van der Waals surface area contributed by atoms with Gasteiger partial charge < -0.3 is 24.4 Å². The van der Waals surface area contributed by atoms with Gasteiger partial charge in [0.2, 0.25) is 0 Å². The SMILES string of the molecule is OC[C@@H]1OC[C@H](C(O)COCc2ccccc2)O1. The van der Waals surface area contributed by atoms with Crippen molar-refractivity contribution in [2.24, 2.45) is 0 Å². The first-order valence-electron chi connectivity index (χ1n) is 5.97. The lowest BCUT2D eigenvalue weighted by molar-refractivity contribution is -0.113. The quantitative estimate of drug-likeness (QED) is 0.764. The Hall–Kier alpha value is -0.980. The van der Waals surface area contributed by atoms with E-state index < -0.39 is 18.5 Å². The van der Waals surface area contributed by atoms with Crippen molar-refractivity contribution >= 4 is 0 Å². The zero-order valence-corrected chi connectivity index (χ0v) is 10.1. The maximum absolute atomic E-state index is 9.83. The Labute approximate surface area is 106 Å². The highest BCUT2D eigenvalue weighted by Crippen LogP contribution is 2.14. The molecule has 0 spiro atoms. The maximum atomic E-state index is 9.83. The van der Waals surface area contributed by atoms with Gasteiger partial charge >= 0.3 is 0 Å². The smallest absolute Gasteiger partial charge is 0.181 e. The van der Waals surface area contributed by atoms with Crippen LogP contribution in [0.15, 0.2) is 30.3 Å². The van der Waals surface area contributed by atoms with E-state index in [0.29, 0.717) is 6.61 Å². The van der Waals surface area contributed by atoms with Gasteiger partial charge in [-0.1, -0.05) is 30.3 Å². The van der Waals surface area contributed by atoms with Crippen molar-refractivity contribution in [2.45, 2.75) is 25.1 Å². The molecule has 1 aromatic carbocycles. The summed E-state index contributed by atoms with van der Waals surface area (Å²) in [6.07, 6.45) is -1.80. The minimum absolute atomic E-state index is 0.182. The van der Waals surface area contributed by atoms with E-state index in [9.17, 15) is 5.11 Å². The molecule has 2 rings (SSSR count). The molecule has 5 heteroatoms. The number of hydrogen-bond acceptors (Lipinski definition) is 5. The summed E-state index contributed by atoms with van der Waals surface area (Å²) in [6, 6.07) is 9.74. The second kappa shape index (κ2) is 6.82. The van der Waals surface area contributed by atoms with Crippen LogP contribution >= 0.6 is 0 Å². The molecule has 0 saturated carbocycles. The fraction of sp³-hybridized carbons (Fsp3) is 0.538. The summed E-state index contributed by atoms with van der Waals surface area (Å²) >= 11 is 0. The first-order chi connectivity index (χ1) is 8.79. The lowest BCUT2D eigenvalue weighted by Gasteiger charge is -2.16. The molecule has 0 bridgehead atoms. The van der Waals surface area contributed by atoms with Gasteiger partial charge in [-0.2, -0.15) is 0 Å². The van der Waals surface area contributed by atoms with Gasteiger partial charge in [0.15, 0.2) is 6.29 Å². The van der Waals surface area contributed by atoms with E-state index in [1.807, 2.05) is 30.3 Å². The van der Waals surface area contributed by atoms with Crippen LogP contribution in [0.3, 0.4) is 0 Å². The number of ether oxygens (including phenoxy) is 3. The van der Waals surface area contributed by atoms with Crippen molar-refractivity contribution in [3.05, 3.63) is 35.9 Å². The van der Waals surface area contributed by atoms with E-state index in [-0.39, 0.29) is 19.8 Å². The molecule has 5 nitrogen and oxygen atoms in total. The van der Waals surface area contributed by atoms with E-state index in [1.54, 1.807) is 0 Å². The Morgan fingerprint density at radius 1 is 1.33 bits per heavy atom. The van der Waals surface area contributed by atoms with Crippen LogP contribution < -0.4 is 0 Å². The van der Waals surface area contributed by atoms with Crippen molar-refractivity contribution in [3.63, 3.8) is 0 Å². The molecule has 100 valence electrons. The van der Waals surface area contributed by atoms with Crippen LogP contribution in [0.1, 0.15) is 5.56 Å². The summed E-state index contributed by atoms with van der Waals surface area (Å²) in [4.78, 5) is 0. The third-order valence-corrected chi connectivity index (χ3v) is 2.75. The van der Waals surface area contributed by atoms with E-state index >= 15 is 0 Å². The fourth-order valence-corrected chi connectivity index (χ4v) is 1.75. The van der Waals surface area contributed by atoms with Crippen LogP contribution in [0, 0.1) is 0 Å². The molecule has 1 saturated heterocycles. The number of rotatable bonds is 6. The zero-order chi connectivity index (χ0) is 12.8. The third-order valence-electron chi connectivity index (χ3n) is 2.75. The number of benzene rings is 1. The molecule has 0 aliphatic carbocycles. The van der Waals surface area contributed by atoms with Crippen LogP contribution in [-0.4, -0.2) is 48.5 Å². The molecule has 1 aromatic rings. The highest BCUT2D eigenvalue weighted by Gasteiger charge is 2.31. The van der Waals surface area contributed by atoms with Crippen LogP contribution in [0.5, 0.6) is 0 Å². The minimum atomic E-state index is -0.745. The van der Waals surface area contributed by atoms with Crippen LogP contribution in [0.2, 0.25) is 0 Å². The fourth-order valence-electron chi connectivity index (χ4n) is 1.75. The van der Waals surface area contributed by atoms with Gasteiger partial charge in [-0.15, -0.1) is 0 Å². The van der Waals surface area contributed by atoms with Gasteiger partial charge in [0, 0.05) is 0 Å². The summed E-state index contributed by atoms with van der Waals surface area (Å²) in [5.41, 5.74) is 1.06. The molecule has 0 radical (unpaired) electrons. The van der Waals surface area contributed by atoms with Gasteiger partial charge in [0.05, 0.1) is 26.4 Å². The molecule has 3 atom stereocenters. The van der Waals surface area contributed by atoms with Crippen molar-refractivity contribution in [2.75, 3.05) is 19.8 Å². The topological polar surface area (TPSA) is 68.2 Å². The Kier molecular flexibility index (Phi) is 5.10. The Balaban J connectivity index is 1.68. The molecule has 1 aliphatic rings. The number of aliphatic hydroxyl groups excluding tert-OH is 2. The van der Waals surface area contributed by atoms with E-state index in [4.69, 9.17) is 19.3 Å². The number of aliphatic hydroxyl groups is 2. The average molecular weight is 254 g/mol. The molecule has 1 heterocycles. The summed E-state index contributed by atoms with van der Waals surface area (Å²) in [6.45, 7) is 0.713. The molecule has 1 unspecified atom stereocenters. The summed E-state index contributed by atoms with van der Waals surface area (Å²) in [5.74, 6) is 0. The van der Waals surface area contributed by atoms with Crippen molar-refractivity contribution < 1.29 is 24.4 Å². The molecule has 0 amide bonds. The third kappa shape index (κ3) is 3.76. The van der Waals surface area contributed by atoms with Gasteiger partial charge in [-0.05, 0) is 5.56 Å². The summed E-state index contributed by atoms with van der Waals surface area (Å²) < 4.78 is 15.8. The van der Waals surface area contributed by atoms with Crippen LogP contribution in [-0.2, 0) is 20.8 Å². The highest BCUT2D eigenvalue weighted by atomic mass is 16.7.